The van der Waals surface area contributed by atoms with Crippen LogP contribution in [0, 0.1) is 0 Å². The number of nitrogens with zero attached hydrogens (tertiary/aromatic N) is 2. The molecule has 0 spiro atoms. The number of aromatic nitrogens is 1. The van der Waals surface area contributed by atoms with Gasteiger partial charge in [-0.15, -0.1) is 5.06 Å². The van der Waals surface area contributed by atoms with E-state index in [1.54, 1.807) is 24.5 Å². The highest BCUT2D eigenvalue weighted by molar-refractivity contribution is 6.01. The Morgan fingerprint density at radius 2 is 1.74 bits per heavy atom. The lowest BCUT2D eigenvalue weighted by atomic mass is 10.0. The molecule has 0 radical (unpaired) electrons. The molecule has 2 heterocycles. The molecule has 1 fully saturated rings. The van der Waals surface area contributed by atoms with Crippen molar-refractivity contribution in [3.63, 3.8) is 0 Å². The fraction of sp³-hybridized carbons (Fsp3) is 0.176. The van der Waals surface area contributed by atoms with Crippen LogP contribution in [0.4, 0.5) is 0 Å². The summed E-state index contributed by atoms with van der Waals surface area (Å²) in [7, 11) is 0. The summed E-state index contributed by atoms with van der Waals surface area (Å²) >= 11 is 0. The molecule has 1 aliphatic rings. The van der Waals surface area contributed by atoms with Gasteiger partial charge in [0, 0.05) is 25.2 Å². The SMILES string of the molecule is O=C(Cc1ccc(-c2cccnc2)cc1)ON1C(=O)CCC1=O. The van der Waals surface area contributed by atoms with E-state index in [4.69, 9.17) is 4.84 Å². The fourth-order valence-corrected chi connectivity index (χ4v) is 2.31. The number of hydroxylamine groups is 2. The van der Waals surface area contributed by atoms with Crippen molar-refractivity contribution in [1.82, 2.24) is 10.0 Å². The maximum Gasteiger partial charge on any atom is 0.337 e. The molecule has 0 N–H and O–H groups in total. The first-order valence-corrected chi connectivity index (χ1v) is 7.19. The van der Waals surface area contributed by atoms with Gasteiger partial charge in [0.05, 0.1) is 6.42 Å². The third-order valence-corrected chi connectivity index (χ3v) is 3.50. The first-order valence-electron chi connectivity index (χ1n) is 7.19. The predicted molar refractivity (Wildman–Crippen MR) is 80.6 cm³/mol. The monoisotopic (exact) mass is 310 g/mol. The van der Waals surface area contributed by atoms with Gasteiger partial charge in [-0.25, -0.2) is 4.79 Å². The van der Waals surface area contributed by atoms with Crippen LogP contribution in [0.3, 0.4) is 0 Å². The Hall–Kier alpha value is -3.02. The molecule has 1 aliphatic heterocycles. The van der Waals surface area contributed by atoms with Gasteiger partial charge in [-0.1, -0.05) is 30.3 Å². The number of imide groups is 1. The zero-order valence-corrected chi connectivity index (χ0v) is 12.3. The number of benzene rings is 1. The van der Waals surface area contributed by atoms with E-state index < -0.39 is 17.8 Å². The number of carbonyl (C=O) groups excluding carboxylic acids is 3. The van der Waals surface area contributed by atoms with Crippen molar-refractivity contribution in [2.24, 2.45) is 0 Å². The number of rotatable bonds is 4. The Bertz CT molecular complexity index is 725. The van der Waals surface area contributed by atoms with Crippen molar-refractivity contribution in [3.05, 3.63) is 54.4 Å². The topological polar surface area (TPSA) is 76.6 Å². The third kappa shape index (κ3) is 3.42. The van der Waals surface area contributed by atoms with E-state index in [2.05, 4.69) is 4.98 Å². The Labute approximate surface area is 132 Å². The van der Waals surface area contributed by atoms with E-state index >= 15 is 0 Å². The van der Waals surface area contributed by atoms with E-state index in [1.165, 1.54) is 0 Å². The number of amides is 2. The summed E-state index contributed by atoms with van der Waals surface area (Å²) < 4.78 is 0. The highest BCUT2D eigenvalue weighted by Gasteiger charge is 2.32. The lowest BCUT2D eigenvalue weighted by molar-refractivity contribution is -0.197. The van der Waals surface area contributed by atoms with E-state index in [0.717, 1.165) is 16.7 Å². The van der Waals surface area contributed by atoms with Crippen LogP contribution in [0.2, 0.25) is 0 Å². The van der Waals surface area contributed by atoms with Crippen molar-refractivity contribution < 1.29 is 19.2 Å². The Morgan fingerprint density at radius 3 is 2.35 bits per heavy atom. The van der Waals surface area contributed by atoms with Gasteiger partial charge in [-0.05, 0) is 22.8 Å². The smallest absolute Gasteiger partial charge is 0.330 e. The highest BCUT2D eigenvalue weighted by atomic mass is 16.7. The number of pyridine rings is 1. The lowest BCUT2D eigenvalue weighted by Gasteiger charge is -2.12. The molecule has 2 amide bonds. The summed E-state index contributed by atoms with van der Waals surface area (Å²) in [5.74, 6) is -1.59. The Kier molecular flexibility index (Phi) is 4.14. The average Bonchev–Trinajstić information content (AvgIpc) is 2.88. The maximum absolute atomic E-state index is 11.8. The van der Waals surface area contributed by atoms with Crippen LogP contribution in [0.15, 0.2) is 48.8 Å². The molecule has 116 valence electrons. The molecule has 6 nitrogen and oxygen atoms in total. The molecular formula is C17H14N2O4. The second kappa shape index (κ2) is 6.39. The number of hydrogen-bond acceptors (Lipinski definition) is 5. The Morgan fingerprint density at radius 1 is 1.04 bits per heavy atom. The zero-order valence-electron chi connectivity index (χ0n) is 12.3. The lowest BCUT2D eigenvalue weighted by Crippen LogP contribution is -2.32. The number of carbonyl (C=O) groups is 3. The summed E-state index contributed by atoms with van der Waals surface area (Å²) in [4.78, 5) is 43.5. The van der Waals surface area contributed by atoms with Gasteiger partial charge in [-0.3, -0.25) is 14.6 Å². The van der Waals surface area contributed by atoms with E-state index in [1.807, 2.05) is 24.3 Å². The summed E-state index contributed by atoms with van der Waals surface area (Å²) in [5, 5.41) is 0.562. The number of hydrogen-bond donors (Lipinski definition) is 0. The van der Waals surface area contributed by atoms with Gasteiger partial charge >= 0.3 is 5.97 Å². The molecule has 0 atom stereocenters. The van der Waals surface area contributed by atoms with Gasteiger partial charge < -0.3 is 4.84 Å². The van der Waals surface area contributed by atoms with Gasteiger partial charge in [0.15, 0.2) is 0 Å². The van der Waals surface area contributed by atoms with Crippen LogP contribution < -0.4 is 0 Å². The molecule has 1 saturated heterocycles. The molecule has 2 aromatic rings. The normalized spacial score (nSPS) is 14.2. The van der Waals surface area contributed by atoms with Gasteiger partial charge in [0.2, 0.25) is 0 Å². The standard InChI is InChI=1S/C17H14N2O4/c20-15-7-8-16(21)19(15)23-17(22)10-12-3-5-13(6-4-12)14-2-1-9-18-11-14/h1-6,9,11H,7-8,10H2. The van der Waals surface area contributed by atoms with Crippen LogP contribution in [-0.4, -0.2) is 27.8 Å². The minimum Gasteiger partial charge on any atom is -0.330 e. The molecule has 23 heavy (non-hydrogen) atoms. The van der Waals surface area contributed by atoms with Crippen LogP contribution in [-0.2, 0) is 25.6 Å². The third-order valence-electron chi connectivity index (χ3n) is 3.50. The van der Waals surface area contributed by atoms with Gasteiger partial charge in [0.25, 0.3) is 11.8 Å². The van der Waals surface area contributed by atoms with Crippen molar-refractivity contribution in [3.8, 4) is 11.1 Å². The van der Waals surface area contributed by atoms with Gasteiger partial charge in [0.1, 0.15) is 0 Å². The summed E-state index contributed by atoms with van der Waals surface area (Å²) in [6.45, 7) is 0. The molecule has 1 aromatic heterocycles. The first kappa shape index (κ1) is 14.9. The van der Waals surface area contributed by atoms with Gasteiger partial charge in [-0.2, -0.15) is 0 Å². The summed E-state index contributed by atoms with van der Waals surface area (Å²) in [6.07, 6.45) is 3.63. The van der Waals surface area contributed by atoms with Crippen LogP contribution in [0.5, 0.6) is 0 Å². The molecule has 0 bridgehead atoms. The molecule has 0 unspecified atom stereocenters. The molecule has 6 heteroatoms. The van der Waals surface area contributed by atoms with E-state index in [9.17, 15) is 14.4 Å². The predicted octanol–water partition coefficient (Wildman–Crippen LogP) is 1.90. The largest absolute Gasteiger partial charge is 0.337 e. The van der Waals surface area contributed by atoms with Crippen molar-refractivity contribution in [2.45, 2.75) is 19.3 Å². The van der Waals surface area contributed by atoms with E-state index in [0.29, 0.717) is 5.06 Å². The quantitative estimate of drug-likeness (QED) is 0.806. The average molecular weight is 310 g/mol. The maximum atomic E-state index is 11.8. The molecule has 0 aliphatic carbocycles. The summed E-state index contributed by atoms with van der Waals surface area (Å²) in [6, 6.07) is 11.2. The minimum atomic E-state index is -0.636. The van der Waals surface area contributed by atoms with Crippen LogP contribution in [0.1, 0.15) is 18.4 Å². The zero-order chi connectivity index (χ0) is 16.2. The highest BCUT2D eigenvalue weighted by Crippen LogP contribution is 2.19. The minimum absolute atomic E-state index is 0.00954. The van der Waals surface area contributed by atoms with Crippen molar-refractivity contribution in [1.29, 1.82) is 0 Å². The van der Waals surface area contributed by atoms with Crippen LogP contribution >= 0.6 is 0 Å². The molecule has 3 rings (SSSR count). The van der Waals surface area contributed by atoms with Crippen molar-refractivity contribution >= 4 is 17.8 Å². The molecule has 0 saturated carbocycles. The summed E-state index contributed by atoms with van der Waals surface area (Å²) in [5.41, 5.74) is 2.71. The molecular weight excluding hydrogens is 296 g/mol. The second-order valence-electron chi connectivity index (χ2n) is 5.16. The van der Waals surface area contributed by atoms with Crippen molar-refractivity contribution in [2.75, 3.05) is 0 Å². The fourth-order valence-electron chi connectivity index (χ4n) is 2.31. The Balaban J connectivity index is 1.63. The van der Waals surface area contributed by atoms with E-state index in [-0.39, 0.29) is 19.3 Å². The second-order valence-corrected chi connectivity index (χ2v) is 5.16. The molecule has 1 aromatic carbocycles. The van der Waals surface area contributed by atoms with Crippen LogP contribution in [0.25, 0.3) is 11.1 Å². The first-order chi connectivity index (χ1) is 11.1.